The van der Waals surface area contributed by atoms with Gasteiger partial charge in [0.2, 0.25) is 10.0 Å². The van der Waals surface area contributed by atoms with E-state index in [4.69, 9.17) is 4.74 Å². The van der Waals surface area contributed by atoms with Crippen LogP contribution in [0.4, 0.5) is 5.69 Å². The van der Waals surface area contributed by atoms with Crippen molar-refractivity contribution in [3.63, 3.8) is 0 Å². The standard InChI is InChI=1S/C17H20N2O4S/c1-13(2)19-24(21,22)16-10-8-15(9-11-16)23-12-17(20)18-14-6-4-3-5-7-14/h3-11,13,19H,12H2,1-2H3,(H,18,20). The van der Waals surface area contributed by atoms with Crippen molar-refractivity contribution in [1.82, 2.24) is 4.72 Å². The fraction of sp³-hybridized carbons (Fsp3) is 0.235. The minimum atomic E-state index is -3.53. The summed E-state index contributed by atoms with van der Waals surface area (Å²) in [6.07, 6.45) is 0. The molecular weight excluding hydrogens is 328 g/mol. The van der Waals surface area contributed by atoms with Gasteiger partial charge in [-0.3, -0.25) is 4.79 Å². The van der Waals surface area contributed by atoms with Crippen LogP contribution in [0.1, 0.15) is 13.8 Å². The summed E-state index contributed by atoms with van der Waals surface area (Å²) in [7, 11) is -3.53. The zero-order chi connectivity index (χ0) is 17.6. The number of amides is 1. The molecular formula is C17H20N2O4S. The van der Waals surface area contributed by atoms with Crippen LogP contribution in [0.15, 0.2) is 59.5 Å². The van der Waals surface area contributed by atoms with E-state index in [2.05, 4.69) is 10.0 Å². The molecule has 0 radical (unpaired) electrons. The lowest BCUT2D eigenvalue weighted by Gasteiger charge is -2.11. The zero-order valence-electron chi connectivity index (χ0n) is 13.5. The summed E-state index contributed by atoms with van der Waals surface area (Å²) < 4.78 is 31.9. The Morgan fingerprint density at radius 3 is 2.25 bits per heavy atom. The molecule has 0 aliphatic carbocycles. The zero-order valence-corrected chi connectivity index (χ0v) is 14.3. The van der Waals surface area contributed by atoms with Gasteiger partial charge < -0.3 is 10.1 Å². The molecule has 0 heterocycles. The quantitative estimate of drug-likeness (QED) is 0.805. The van der Waals surface area contributed by atoms with Crippen molar-refractivity contribution in [1.29, 1.82) is 0 Å². The molecule has 128 valence electrons. The van der Waals surface area contributed by atoms with Gasteiger partial charge >= 0.3 is 0 Å². The normalized spacial score (nSPS) is 11.3. The van der Waals surface area contributed by atoms with Crippen molar-refractivity contribution in [3.05, 3.63) is 54.6 Å². The van der Waals surface area contributed by atoms with E-state index in [0.717, 1.165) is 0 Å². The molecule has 2 aromatic carbocycles. The first kappa shape index (κ1) is 18.0. The van der Waals surface area contributed by atoms with Crippen LogP contribution in [0.2, 0.25) is 0 Å². The van der Waals surface area contributed by atoms with Crippen molar-refractivity contribution in [2.75, 3.05) is 11.9 Å². The average molecular weight is 348 g/mol. The number of hydrogen-bond donors (Lipinski definition) is 2. The fourth-order valence-corrected chi connectivity index (χ4v) is 3.21. The van der Waals surface area contributed by atoms with Gasteiger partial charge in [-0.15, -0.1) is 0 Å². The first-order chi connectivity index (χ1) is 11.4. The van der Waals surface area contributed by atoms with Gasteiger partial charge in [0.05, 0.1) is 4.90 Å². The van der Waals surface area contributed by atoms with E-state index in [0.29, 0.717) is 11.4 Å². The van der Waals surface area contributed by atoms with E-state index in [-0.39, 0.29) is 23.5 Å². The Labute approximate surface area is 141 Å². The molecule has 0 unspecified atom stereocenters. The molecule has 0 bridgehead atoms. The van der Waals surface area contributed by atoms with E-state index in [1.807, 2.05) is 18.2 Å². The van der Waals surface area contributed by atoms with Gasteiger partial charge in [0.1, 0.15) is 5.75 Å². The van der Waals surface area contributed by atoms with Crippen LogP contribution in [0, 0.1) is 0 Å². The van der Waals surface area contributed by atoms with Crippen molar-refractivity contribution in [3.8, 4) is 5.75 Å². The number of para-hydroxylation sites is 1. The summed E-state index contributed by atoms with van der Waals surface area (Å²) >= 11 is 0. The third-order valence-electron chi connectivity index (χ3n) is 2.95. The largest absolute Gasteiger partial charge is 0.484 e. The maximum atomic E-state index is 12.0. The molecule has 0 aromatic heterocycles. The lowest BCUT2D eigenvalue weighted by molar-refractivity contribution is -0.118. The Kier molecular flexibility index (Phi) is 5.94. The third kappa shape index (κ3) is 5.36. The SMILES string of the molecule is CC(C)NS(=O)(=O)c1ccc(OCC(=O)Nc2ccccc2)cc1. The summed E-state index contributed by atoms with van der Waals surface area (Å²) in [5.74, 6) is 0.126. The van der Waals surface area contributed by atoms with Crippen LogP contribution in [0.3, 0.4) is 0 Å². The van der Waals surface area contributed by atoms with E-state index < -0.39 is 10.0 Å². The second-order valence-electron chi connectivity index (χ2n) is 5.45. The minimum absolute atomic E-state index is 0.150. The molecule has 0 aliphatic rings. The summed E-state index contributed by atoms with van der Waals surface area (Å²) in [6.45, 7) is 3.34. The van der Waals surface area contributed by atoms with Crippen molar-refractivity contribution < 1.29 is 17.9 Å². The highest BCUT2D eigenvalue weighted by molar-refractivity contribution is 7.89. The average Bonchev–Trinajstić information content (AvgIpc) is 2.53. The van der Waals surface area contributed by atoms with Crippen molar-refractivity contribution >= 4 is 21.6 Å². The number of hydrogen-bond acceptors (Lipinski definition) is 4. The second kappa shape index (κ2) is 7.94. The molecule has 6 nitrogen and oxygen atoms in total. The number of sulfonamides is 1. The van der Waals surface area contributed by atoms with Crippen LogP contribution >= 0.6 is 0 Å². The predicted octanol–water partition coefficient (Wildman–Crippen LogP) is 2.39. The number of benzene rings is 2. The maximum Gasteiger partial charge on any atom is 0.262 e. The number of rotatable bonds is 7. The monoisotopic (exact) mass is 348 g/mol. The Morgan fingerprint density at radius 2 is 1.67 bits per heavy atom. The van der Waals surface area contributed by atoms with Crippen LogP contribution in [-0.2, 0) is 14.8 Å². The van der Waals surface area contributed by atoms with Gasteiger partial charge in [-0.1, -0.05) is 18.2 Å². The summed E-state index contributed by atoms with van der Waals surface area (Å²) in [5.41, 5.74) is 0.687. The van der Waals surface area contributed by atoms with Gasteiger partial charge in [0.25, 0.3) is 5.91 Å². The van der Waals surface area contributed by atoms with Gasteiger partial charge in [-0.25, -0.2) is 13.1 Å². The third-order valence-corrected chi connectivity index (χ3v) is 4.63. The van der Waals surface area contributed by atoms with E-state index in [1.165, 1.54) is 24.3 Å². The second-order valence-corrected chi connectivity index (χ2v) is 7.16. The van der Waals surface area contributed by atoms with Gasteiger partial charge in [0, 0.05) is 11.7 Å². The highest BCUT2D eigenvalue weighted by atomic mass is 32.2. The topological polar surface area (TPSA) is 84.5 Å². The lowest BCUT2D eigenvalue weighted by Crippen LogP contribution is -2.30. The molecule has 7 heteroatoms. The van der Waals surface area contributed by atoms with Crippen LogP contribution in [0.5, 0.6) is 5.75 Å². The van der Waals surface area contributed by atoms with Crippen LogP contribution < -0.4 is 14.8 Å². The number of anilines is 1. The molecule has 2 rings (SSSR count). The molecule has 0 fully saturated rings. The Morgan fingerprint density at radius 1 is 1.04 bits per heavy atom. The van der Waals surface area contributed by atoms with Crippen LogP contribution in [-0.4, -0.2) is 27.0 Å². The number of ether oxygens (including phenoxy) is 1. The Hall–Kier alpha value is -2.38. The predicted molar refractivity (Wildman–Crippen MR) is 92.5 cm³/mol. The van der Waals surface area contributed by atoms with Crippen LogP contribution in [0.25, 0.3) is 0 Å². The molecule has 1 amide bonds. The fourth-order valence-electron chi connectivity index (χ4n) is 1.96. The smallest absolute Gasteiger partial charge is 0.262 e. The molecule has 24 heavy (non-hydrogen) atoms. The number of carbonyl (C=O) groups is 1. The Balaban J connectivity index is 1.91. The summed E-state index contributed by atoms with van der Waals surface area (Å²) in [6, 6.07) is 14.8. The van der Waals surface area contributed by atoms with Gasteiger partial charge in [0.15, 0.2) is 6.61 Å². The van der Waals surface area contributed by atoms with Crippen molar-refractivity contribution in [2.45, 2.75) is 24.8 Å². The van der Waals surface area contributed by atoms with Gasteiger partial charge in [-0.05, 0) is 50.2 Å². The summed E-state index contributed by atoms with van der Waals surface area (Å²) in [4.78, 5) is 11.9. The lowest BCUT2D eigenvalue weighted by atomic mass is 10.3. The molecule has 0 atom stereocenters. The highest BCUT2D eigenvalue weighted by Crippen LogP contribution is 2.16. The maximum absolute atomic E-state index is 12.0. The first-order valence-electron chi connectivity index (χ1n) is 7.47. The number of carbonyl (C=O) groups excluding carboxylic acids is 1. The molecule has 0 spiro atoms. The van der Waals surface area contributed by atoms with E-state index in [1.54, 1.807) is 26.0 Å². The molecule has 0 saturated heterocycles. The van der Waals surface area contributed by atoms with E-state index >= 15 is 0 Å². The van der Waals surface area contributed by atoms with E-state index in [9.17, 15) is 13.2 Å². The van der Waals surface area contributed by atoms with Crippen molar-refractivity contribution in [2.24, 2.45) is 0 Å². The highest BCUT2D eigenvalue weighted by Gasteiger charge is 2.15. The molecule has 0 aliphatic heterocycles. The summed E-state index contributed by atoms with van der Waals surface area (Å²) in [5, 5.41) is 2.70. The molecule has 2 aromatic rings. The number of nitrogens with one attached hydrogen (secondary N) is 2. The minimum Gasteiger partial charge on any atom is -0.484 e. The molecule has 2 N–H and O–H groups in total. The van der Waals surface area contributed by atoms with Gasteiger partial charge in [-0.2, -0.15) is 0 Å². The first-order valence-corrected chi connectivity index (χ1v) is 8.95. The molecule has 0 saturated carbocycles. The Bertz CT molecular complexity index is 772.